The Hall–Kier alpha value is -2.35. The maximum atomic E-state index is 11.9. The van der Waals surface area contributed by atoms with Gasteiger partial charge in [-0.15, -0.1) is 0 Å². The van der Waals surface area contributed by atoms with Crippen molar-refractivity contribution in [2.75, 3.05) is 43.5 Å². The fourth-order valence-corrected chi connectivity index (χ4v) is 3.06. The van der Waals surface area contributed by atoms with E-state index in [1.165, 1.54) is 0 Å². The van der Waals surface area contributed by atoms with Gasteiger partial charge in [0.15, 0.2) is 0 Å². The summed E-state index contributed by atoms with van der Waals surface area (Å²) < 4.78 is 5.42. The van der Waals surface area contributed by atoms with Gasteiger partial charge in [0.25, 0.3) is 0 Å². The van der Waals surface area contributed by atoms with Crippen molar-refractivity contribution < 1.29 is 14.3 Å². The number of nitrogens with zero attached hydrogens (tertiary/aromatic N) is 2. The molecular weight excluding hydrogens is 310 g/mol. The van der Waals surface area contributed by atoms with Crippen molar-refractivity contribution in [2.24, 2.45) is 0 Å². The Bertz CT molecular complexity index is 643. The summed E-state index contributed by atoms with van der Waals surface area (Å²) in [6.45, 7) is 5.66. The van der Waals surface area contributed by atoms with Gasteiger partial charge in [-0.25, -0.2) is 0 Å². The van der Waals surface area contributed by atoms with Crippen LogP contribution in [0.1, 0.15) is 18.4 Å². The Morgan fingerprint density at radius 1 is 1.33 bits per heavy atom. The molecule has 2 aliphatic heterocycles. The number of anilines is 2. The number of aryl methyl sites for hydroxylation is 1. The Morgan fingerprint density at radius 2 is 2.08 bits per heavy atom. The summed E-state index contributed by atoms with van der Waals surface area (Å²) >= 11 is 0. The summed E-state index contributed by atoms with van der Waals surface area (Å²) in [5.74, 6) is 0.825. The van der Waals surface area contributed by atoms with E-state index >= 15 is 0 Å². The second-order valence-electron chi connectivity index (χ2n) is 6.07. The zero-order chi connectivity index (χ0) is 17.1. The zero-order valence-corrected chi connectivity index (χ0v) is 14.0. The summed E-state index contributed by atoms with van der Waals surface area (Å²) in [7, 11) is 1.56. The number of methoxy groups -OCH3 is 1. The minimum Gasteiger partial charge on any atom is -0.479 e. The monoisotopic (exact) mass is 333 g/mol. The van der Waals surface area contributed by atoms with Crippen LogP contribution in [0.3, 0.4) is 0 Å². The molecule has 0 aromatic carbocycles. The third-order valence-electron chi connectivity index (χ3n) is 4.33. The average molecular weight is 333 g/mol. The van der Waals surface area contributed by atoms with E-state index in [-0.39, 0.29) is 11.8 Å². The van der Waals surface area contributed by atoms with Gasteiger partial charge < -0.3 is 20.3 Å². The van der Waals surface area contributed by atoms with Gasteiger partial charge >= 0.3 is 0 Å². The molecule has 3 N–H and O–H groups in total. The number of rotatable bonds is 4. The molecule has 0 saturated carbocycles. The predicted octanol–water partition coefficient (Wildman–Crippen LogP) is 0.0253. The van der Waals surface area contributed by atoms with E-state index < -0.39 is 6.04 Å². The smallest absolute Gasteiger partial charge is 0.249 e. The number of imide groups is 1. The molecule has 1 aromatic rings. The summed E-state index contributed by atoms with van der Waals surface area (Å²) in [6.07, 6.45) is 0.795. The van der Waals surface area contributed by atoms with Crippen LogP contribution in [0.25, 0.3) is 0 Å². The molecule has 1 aromatic heterocycles. The number of pyridine rings is 1. The zero-order valence-electron chi connectivity index (χ0n) is 14.0. The van der Waals surface area contributed by atoms with Gasteiger partial charge in [0, 0.05) is 32.6 Å². The summed E-state index contributed by atoms with van der Waals surface area (Å²) in [6, 6.07) is 1.50. The lowest BCUT2D eigenvalue weighted by molar-refractivity contribution is -0.133. The van der Waals surface area contributed by atoms with Crippen LogP contribution in [-0.2, 0) is 9.59 Å². The molecule has 0 spiro atoms. The molecular formula is C16H23N5O3. The molecule has 1 atom stereocenters. The van der Waals surface area contributed by atoms with Crippen LogP contribution in [0.5, 0.6) is 5.88 Å². The van der Waals surface area contributed by atoms with Crippen molar-refractivity contribution in [1.29, 1.82) is 0 Å². The first-order chi connectivity index (χ1) is 11.6. The molecule has 24 heavy (non-hydrogen) atoms. The maximum absolute atomic E-state index is 11.9. The van der Waals surface area contributed by atoms with Crippen molar-refractivity contribution in [3.63, 3.8) is 0 Å². The molecule has 130 valence electrons. The van der Waals surface area contributed by atoms with Crippen LogP contribution in [0.4, 0.5) is 11.5 Å². The number of carbonyl (C=O) groups excluding carboxylic acids is 2. The summed E-state index contributed by atoms with van der Waals surface area (Å²) in [5.41, 5.74) is 1.69. The number of amides is 2. The molecule has 2 amide bonds. The normalized spacial score (nSPS) is 21.4. The molecule has 3 heterocycles. The van der Waals surface area contributed by atoms with Gasteiger partial charge in [-0.05, 0) is 25.0 Å². The standard InChI is InChI=1S/C16H23N5O3/c1-10-9-12(18-11-3-4-13(22)19-15(11)23)16(24-2)20-14(10)21-7-5-17-6-8-21/h9,11,17-18H,3-8H2,1-2H3,(H,19,22,23). The Morgan fingerprint density at radius 3 is 2.75 bits per heavy atom. The lowest BCUT2D eigenvalue weighted by atomic mass is 10.1. The Labute approximate surface area is 140 Å². The third kappa shape index (κ3) is 3.43. The highest BCUT2D eigenvalue weighted by Gasteiger charge is 2.28. The fraction of sp³-hybridized carbons (Fsp3) is 0.562. The van der Waals surface area contributed by atoms with Gasteiger partial charge in [0.1, 0.15) is 11.9 Å². The number of hydrogen-bond acceptors (Lipinski definition) is 7. The Balaban J connectivity index is 1.81. The third-order valence-corrected chi connectivity index (χ3v) is 4.33. The molecule has 2 fully saturated rings. The van der Waals surface area contributed by atoms with Crippen molar-refractivity contribution in [1.82, 2.24) is 15.6 Å². The maximum Gasteiger partial charge on any atom is 0.249 e. The number of hydrogen-bond donors (Lipinski definition) is 3. The average Bonchev–Trinajstić information content (AvgIpc) is 2.58. The van der Waals surface area contributed by atoms with E-state index in [0.717, 1.165) is 37.6 Å². The lowest BCUT2D eigenvalue weighted by Crippen LogP contribution is -2.47. The highest BCUT2D eigenvalue weighted by molar-refractivity contribution is 6.01. The fourth-order valence-electron chi connectivity index (χ4n) is 3.06. The van der Waals surface area contributed by atoms with Crippen LogP contribution in [-0.4, -0.2) is 56.1 Å². The second kappa shape index (κ2) is 7.04. The molecule has 3 rings (SSSR count). The van der Waals surface area contributed by atoms with E-state index in [1.807, 2.05) is 13.0 Å². The van der Waals surface area contributed by atoms with Gasteiger partial charge in [0.2, 0.25) is 17.7 Å². The number of nitrogens with one attached hydrogen (secondary N) is 3. The molecule has 0 radical (unpaired) electrons. The SMILES string of the molecule is COc1nc(N2CCNCC2)c(C)cc1NC1CCC(=O)NC1=O. The summed E-state index contributed by atoms with van der Waals surface area (Å²) in [5, 5.41) is 8.83. The first-order valence-corrected chi connectivity index (χ1v) is 8.20. The molecule has 8 heteroatoms. The van der Waals surface area contributed by atoms with E-state index in [2.05, 4.69) is 25.8 Å². The molecule has 8 nitrogen and oxygen atoms in total. The number of piperidine rings is 1. The van der Waals surface area contributed by atoms with Crippen molar-refractivity contribution in [3.8, 4) is 5.88 Å². The van der Waals surface area contributed by atoms with Crippen LogP contribution in [0, 0.1) is 6.92 Å². The number of carbonyl (C=O) groups is 2. The van der Waals surface area contributed by atoms with Crippen molar-refractivity contribution >= 4 is 23.3 Å². The molecule has 2 aliphatic rings. The van der Waals surface area contributed by atoms with Crippen LogP contribution in [0.15, 0.2) is 6.07 Å². The first kappa shape index (κ1) is 16.5. The van der Waals surface area contributed by atoms with Gasteiger partial charge in [-0.1, -0.05) is 0 Å². The predicted molar refractivity (Wildman–Crippen MR) is 90.4 cm³/mol. The van der Waals surface area contributed by atoms with Crippen LogP contribution >= 0.6 is 0 Å². The second-order valence-corrected chi connectivity index (χ2v) is 6.07. The Kier molecular flexibility index (Phi) is 4.84. The quantitative estimate of drug-likeness (QED) is 0.669. The highest BCUT2D eigenvalue weighted by atomic mass is 16.5. The van der Waals surface area contributed by atoms with Crippen molar-refractivity contribution in [3.05, 3.63) is 11.6 Å². The summed E-state index contributed by atoms with van der Waals surface area (Å²) in [4.78, 5) is 30.1. The van der Waals surface area contributed by atoms with E-state index in [9.17, 15) is 9.59 Å². The largest absolute Gasteiger partial charge is 0.479 e. The minimum atomic E-state index is -0.456. The van der Waals surface area contributed by atoms with E-state index in [4.69, 9.17) is 4.74 Å². The lowest BCUT2D eigenvalue weighted by Gasteiger charge is -2.30. The van der Waals surface area contributed by atoms with Crippen LogP contribution < -0.4 is 25.6 Å². The minimum absolute atomic E-state index is 0.228. The highest BCUT2D eigenvalue weighted by Crippen LogP contribution is 2.30. The number of piperazine rings is 1. The molecule has 2 saturated heterocycles. The number of ether oxygens (including phenoxy) is 1. The van der Waals surface area contributed by atoms with E-state index in [0.29, 0.717) is 24.4 Å². The first-order valence-electron chi connectivity index (χ1n) is 8.20. The molecule has 0 bridgehead atoms. The molecule has 1 unspecified atom stereocenters. The van der Waals surface area contributed by atoms with Gasteiger partial charge in [-0.2, -0.15) is 4.98 Å². The van der Waals surface area contributed by atoms with Gasteiger partial charge in [-0.3, -0.25) is 14.9 Å². The van der Waals surface area contributed by atoms with Gasteiger partial charge in [0.05, 0.1) is 12.8 Å². The van der Waals surface area contributed by atoms with Crippen LogP contribution in [0.2, 0.25) is 0 Å². The molecule has 0 aliphatic carbocycles. The number of aromatic nitrogens is 1. The van der Waals surface area contributed by atoms with Crippen molar-refractivity contribution in [2.45, 2.75) is 25.8 Å². The van der Waals surface area contributed by atoms with E-state index in [1.54, 1.807) is 7.11 Å². The topological polar surface area (TPSA) is 95.6 Å².